The van der Waals surface area contributed by atoms with Gasteiger partial charge in [0.05, 0.1) is 38.3 Å². The summed E-state index contributed by atoms with van der Waals surface area (Å²) in [5.74, 6) is -17.2. The van der Waals surface area contributed by atoms with Crippen molar-refractivity contribution >= 4 is 107 Å². The average molecular weight is 1910 g/mol. The first-order chi connectivity index (χ1) is 63.0. The third-order valence-corrected chi connectivity index (χ3v) is 22.5. The predicted molar refractivity (Wildman–Crippen MR) is 514 cm³/mol. The summed E-state index contributed by atoms with van der Waals surface area (Å²) in [5, 5.41) is 57.3. The fraction of sp³-hybridized carbons (Fsp3) is 0.629. The van der Waals surface area contributed by atoms with Gasteiger partial charge in [-0.3, -0.25) is 76.7 Å². The first kappa shape index (κ1) is 118. The Hall–Kier alpha value is -12.3. The van der Waals surface area contributed by atoms with Crippen molar-refractivity contribution in [2.24, 2.45) is 59.0 Å². The molecule has 0 heterocycles. The van der Waals surface area contributed by atoms with E-state index in [1.165, 1.54) is 46.4 Å². The van der Waals surface area contributed by atoms with Gasteiger partial charge in [0.2, 0.25) is 94.5 Å². The van der Waals surface area contributed by atoms with E-state index >= 15 is 0 Å². The van der Waals surface area contributed by atoms with Crippen molar-refractivity contribution in [2.75, 3.05) is 26.2 Å². The SMILES string of the molecule is CC[C@H](C)[C@H](NC(=O)[C@@H](NC(=O)[C@@H](NC(=O)C(C)(C)NC(=O)CNC(=O)[C@@H](NC(=O)OC(C)(C)C)C(C)C)C(C)C)C(C)C)C(=O)NC(C)(C)C(=O)N[C@@H](Cc1ccccc1)C(=O)N[C@H](C(=O)NC(C)(C)C(=O)N[C@H](C(=O)NCC(=O)NCC(=O)N[C@H](C(=O)N[C@@H](Cc1ccccc1)[C@H](O)CN(Cc1ccccc1)C(=O)N[C@@H](CC(C)C)C(=O)N[C@H](C(N)=O)C(C)C)C(C)C)C(C)C)C(C)C. The molecule has 758 valence electrons. The molecule has 19 amide bonds. The summed E-state index contributed by atoms with van der Waals surface area (Å²) in [6.45, 7) is 41.2. The van der Waals surface area contributed by atoms with E-state index in [4.69, 9.17) is 10.5 Å². The summed E-state index contributed by atoms with van der Waals surface area (Å²) in [4.78, 5) is 251. The minimum absolute atomic E-state index is 0.0466. The zero-order chi connectivity index (χ0) is 104. The van der Waals surface area contributed by atoms with Crippen LogP contribution in [0.3, 0.4) is 0 Å². The van der Waals surface area contributed by atoms with Crippen LogP contribution in [0.5, 0.6) is 0 Å². The maximum Gasteiger partial charge on any atom is 0.408 e. The highest BCUT2D eigenvalue weighted by Gasteiger charge is 2.44. The molecule has 0 aliphatic heterocycles. The van der Waals surface area contributed by atoms with E-state index in [1.54, 1.807) is 223 Å². The Labute approximate surface area is 801 Å². The van der Waals surface area contributed by atoms with E-state index in [1.807, 2.05) is 13.8 Å². The van der Waals surface area contributed by atoms with Crippen LogP contribution in [-0.4, -0.2) is 238 Å². The maximum absolute atomic E-state index is 14.7. The number of carbonyl (C=O) groups excluding carboxylic acids is 18. The fourth-order valence-corrected chi connectivity index (χ4v) is 14.0. The van der Waals surface area contributed by atoms with E-state index in [9.17, 15) is 91.4 Å². The monoisotopic (exact) mass is 1910 g/mol. The Kier molecular flexibility index (Phi) is 47.2. The summed E-state index contributed by atoms with van der Waals surface area (Å²) in [6, 6.07) is 12.0. The summed E-state index contributed by atoms with van der Waals surface area (Å²) in [7, 11) is 0. The first-order valence-electron chi connectivity index (χ1n) is 46.7. The summed E-state index contributed by atoms with van der Waals surface area (Å²) >= 11 is 0. The standard InChI is InChI=1S/C97H155N19O20/c1-28-60(18)78(109-85(127)75(57(12)13)108-86(128)76(58(14)15)111-90(132)95(22,23)113-70(120)49-101-83(125)73(55(8)9)112-93(135)136-94(19,20)21)88(130)115-96(24,25)89(131)103-66(46-62-40-34-30-35-41-62)81(123)107-77(59(16)17)87(129)114-97(26,27)91(133)110-72(54(6)7)82(124)100-47-68(118)99-48-69(119)105-74(56(10)11)84(126)102-64(45-61-38-32-29-33-39-61)67(117)51-116(50-63-42-36-31-37-43-63)92(134)104-65(44-52(2)3)80(122)106-71(53(4)5)79(98)121/h29-43,52-60,64-67,71-78,117H,28,44-51H2,1-27H3,(H2,98,121)(H,99,118)(H,100,124)(H,101,125)(H,102,126)(H,103,131)(H,104,134)(H,105,119)(H,106,122)(H,107,123)(H,108,128)(H,109,127)(H,110,133)(H,111,132)(H,112,135)(H,113,120)(H,114,129)(H,115,130)/t60-,64-,65-,66-,67+,71-,72-,73-,74-,75-,76-,77-,78-/m0/s1. The van der Waals surface area contributed by atoms with Crippen LogP contribution >= 0.6 is 0 Å². The topological polar surface area (TPSA) is 570 Å². The number of hydrogen-bond acceptors (Lipinski definition) is 20. The van der Waals surface area contributed by atoms with Crippen molar-refractivity contribution in [1.82, 2.24) is 95.3 Å². The van der Waals surface area contributed by atoms with Gasteiger partial charge in [0, 0.05) is 13.0 Å². The number of benzene rings is 3. The molecule has 39 nitrogen and oxygen atoms in total. The van der Waals surface area contributed by atoms with Crippen LogP contribution < -0.4 is 96.1 Å². The highest BCUT2D eigenvalue weighted by Crippen LogP contribution is 2.21. The molecule has 0 bridgehead atoms. The summed E-state index contributed by atoms with van der Waals surface area (Å²) < 4.78 is 5.28. The van der Waals surface area contributed by atoms with Gasteiger partial charge in [-0.25, -0.2) is 9.59 Å². The largest absolute Gasteiger partial charge is 0.444 e. The molecule has 0 aliphatic carbocycles. The number of aliphatic hydroxyl groups excluding tert-OH is 1. The smallest absolute Gasteiger partial charge is 0.408 e. The van der Waals surface area contributed by atoms with Gasteiger partial charge in [-0.15, -0.1) is 0 Å². The van der Waals surface area contributed by atoms with Crippen molar-refractivity contribution < 1.29 is 96.1 Å². The first-order valence-corrected chi connectivity index (χ1v) is 46.7. The number of nitrogens with zero attached hydrogens (tertiary/aromatic N) is 1. The molecule has 3 rings (SSSR count). The Bertz CT molecular complexity index is 4540. The Morgan fingerprint density at radius 3 is 1.15 bits per heavy atom. The lowest BCUT2D eigenvalue weighted by atomic mass is 9.94. The quantitative estimate of drug-likeness (QED) is 0.0386. The number of carbonyl (C=O) groups is 18. The van der Waals surface area contributed by atoms with E-state index < -0.39 is 262 Å². The van der Waals surface area contributed by atoms with Crippen LogP contribution in [0, 0.1) is 53.3 Å². The fourth-order valence-electron chi connectivity index (χ4n) is 14.0. The van der Waals surface area contributed by atoms with Gasteiger partial charge < -0.3 is 111 Å². The lowest BCUT2D eigenvalue weighted by Gasteiger charge is -2.34. The molecule has 0 saturated heterocycles. The van der Waals surface area contributed by atoms with Crippen molar-refractivity contribution in [1.29, 1.82) is 0 Å². The van der Waals surface area contributed by atoms with Crippen molar-refractivity contribution in [3.05, 3.63) is 108 Å². The Balaban J connectivity index is 1.75. The molecule has 0 fully saturated rings. The molecule has 20 N–H and O–H groups in total. The van der Waals surface area contributed by atoms with Gasteiger partial charge in [-0.2, -0.15) is 0 Å². The maximum atomic E-state index is 14.7. The van der Waals surface area contributed by atoms with Gasteiger partial charge >= 0.3 is 12.1 Å². The number of nitrogens with two attached hydrogens (primary N) is 1. The number of nitrogens with one attached hydrogen (secondary N) is 17. The number of urea groups is 1. The second-order valence-corrected chi connectivity index (χ2v) is 40.2. The van der Waals surface area contributed by atoms with Crippen molar-refractivity contribution in [3.63, 3.8) is 0 Å². The molecule has 3 aromatic rings. The summed E-state index contributed by atoms with van der Waals surface area (Å²) in [6.07, 6.45) is -1.89. The normalized spacial score (nSPS) is 14.7. The number of alkyl carbamates (subject to hydrolysis) is 1. The predicted octanol–water partition coefficient (Wildman–Crippen LogP) is 2.87. The third-order valence-electron chi connectivity index (χ3n) is 22.5. The zero-order valence-electron chi connectivity index (χ0n) is 84.4. The number of ether oxygens (including phenoxy) is 1. The van der Waals surface area contributed by atoms with Crippen molar-refractivity contribution in [2.45, 2.75) is 314 Å². The van der Waals surface area contributed by atoms with Crippen LogP contribution in [0.15, 0.2) is 91.0 Å². The van der Waals surface area contributed by atoms with Gasteiger partial charge in [0.1, 0.15) is 82.6 Å². The second kappa shape index (κ2) is 54.4. The van der Waals surface area contributed by atoms with Gasteiger partial charge in [-0.05, 0) is 145 Å². The van der Waals surface area contributed by atoms with Gasteiger partial charge in [0.15, 0.2) is 0 Å². The molecule has 0 unspecified atom stereocenters. The molecule has 3 aromatic carbocycles. The van der Waals surface area contributed by atoms with Gasteiger partial charge in [0.25, 0.3) is 0 Å². The molecule has 0 spiro atoms. The Morgan fingerprint density at radius 1 is 0.353 bits per heavy atom. The molecule has 13 atom stereocenters. The van der Waals surface area contributed by atoms with Crippen molar-refractivity contribution in [3.8, 4) is 0 Å². The van der Waals surface area contributed by atoms with Crippen LogP contribution in [0.4, 0.5) is 9.59 Å². The highest BCUT2D eigenvalue weighted by molar-refractivity contribution is 6.02. The third kappa shape index (κ3) is 39.9. The molecular formula is C97H155N19O20. The molecule has 39 heteroatoms. The number of primary amides is 1. The number of hydrogen-bond donors (Lipinski definition) is 19. The average Bonchev–Trinajstić information content (AvgIpc) is 0.822. The van der Waals surface area contributed by atoms with Gasteiger partial charge in [-0.1, -0.05) is 222 Å². The number of amides is 19. The molecular weight excluding hydrogens is 1750 g/mol. The lowest BCUT2D eigenvalue weighted by Crippen LogP contribution is -2.65. The highest BCUT2D eigenvalue weighted by atomic mass is 16.6. The molecule has 136 heavy (non-hydrogen) atoms. The second-order valence-electron chi connectivity index (χ2n) is 40.2. The minimum Gasteiger partial charge on any atom is -0.444 e. The number of rotatable bonds is 53. The zero-order valence-corrected chi connectivity index (χ0v) is 84.4. The lowest BCUT2D eigenvalue weighted by molar-refractivity contribution is -0.139. The van der Waals surface area contributed by atoms with Crippen LogP contribution in [0.25, 0.3) is 0 Å². The molecule has 0 aliphatic rings. The van der Waals surface area contributed by atoms with E-state index in [0.29, 0.717) is 23.1 Å². The molecule has 0 aromatic heterocycles. The number of aliphatic hydroxyl groups is 1. The molecule has 0 saturated carbocycles. The van der Waals surface area contributed by atoms with E-state index in [2.05, 4.69) is 90.4 Å². The van der Waals surface area contributed by atoms with Crippen LogP contribution in [0.2, 0.25) is 0 Å². The molecule has 0 radical (unpaired) electrons. The van der Waals surface area contributed by atoms with Crippen LogP contribution in [0.1, 0.15) is 216 Å². The minimum atomic E-state index is -1.83. The Morgan fingerprint density at radius 2 is 0.706 bits per heavy atom. The summed E-state index contributed by atoms with van der Waals surface area (Å²) in [5.41, 5.74) is 1.42. The van der Waals surface area contributed by atoms with E-state index in [-0.39, 0.29) is 44.2 Å². The van der Waals surface area contributed by atoms with Crippen LogP contribution in [-0.2, 0) is 101 Å². The van der Waals surface area contributed by atoms with E-state index in [0.717, 1.165) is 0 Å².